The maximum absolute atomic E-state index is 8.63. The zero-order chi connectivity index (χ0) is 10.9. The molecule has 0 aromatic heterocycles. The van der Waals surface area contributed by atoms with Gasteiger partial charge < -0.3 is 9.84 Å². The Bertz CT molecular complexity index is 436. The van der Waals surface area contributed by atoms with Crippen molar-refractivity contribution in [1.82, 2.24) is 0 Å². The number of fused-ring (bicyclic) bond motifs is 1. The number of hydrogen-bond acceptors (Lipinski definition) is 2. The Hall–Kier alpha value is -1.46. The van der Waals surface area contributed by atoms with E-state index in [2.05, 4.69) is 25.7 Å². The topological polar surface area (TPSA) is 29.5 Å². The van der Waals surface area contributed by atoms with Crippen LogP contribution in [-0.4, -0.2) is 18.3 Å². The zero-order valence-electron chi connectivity index (χ0n) is 9.00. The molecule has 78 valence electrons. The summed E-state index contributed by atoms with van der Waals surface area (Å²) in [5, 5.41) is 8.63. The van der Waals surface area contributed by atoms with Gasteiger partial charge in [0.05, 0.1) is 6.61 Å². The van der Waals surface area contributed by atoms with Crippen LogP contribution in [0.4, 0.5) is 0 Å². The van der Waals surface area contributed by atoms with Crippen molar-refractivity contribution in [2.75, 3.05) is 13.2 Å². The number of aliphatic hydroxyl groups is 1. The van der Waals surface area contributed by atoms with Crippen LogP contribution in [0.25, 0.3) is 0 Å². The third kappa shape index (κ3) is 1.84. The highest BCUT2D eigenvalue weighted by Crippen LogP contribution is 2.38. The van der Waals surface area contributed by atoms with Gasteiger partial charge in [0, 0.05) is 16.5 Å². The van der Waals surface area contributed by atoms with Crippen LogP contribution in [0.1, 0.15) is 25.0 Å². The van der Waals surface area contributed by atoms with E-state index in [9.17, 15) is 0 Å². The SMILES string of the molecule is CC1(C)COc2ccc(C#CCO)cc21. The first kappa shape index (κ1) is 10.1. The molecule has 0 aliphatic carbocycles. The molecule has 2 nitrogen and oxygen atoms in total. The van der Waals surface area contributed by atoms with Gasteiger partial charge in [0.1, 0.15) is 12.4 Å². The van der Waals surface area contributed by atoms with Crippen LogP contribution >= 0.6 is 0 Å². The van der Waals surface area contributed by atoms with Crippen molar-refractivity contribution in [3.8, 4) is 17.6 Å². The molecule has 0 unspecified atom stereocenters. The van der Waals surface area contributed by atoms with Crippen LogP contribution in [0.15, 0.2) is 18.2 Å². The predicted molar refractivity (Wildman–Crippen MR) is 58.9 cm³/mol. The molecule has 1 N–H and O–H groups in total. The minimum atomic E-state index is -0.100. The largest absolute Gasteiger partial charge is 0.492 e. The van der Waals surface area contributed by atoms with Gasteiger partial charge in [-0.05, 0) is 18.2 Å². The van der Waals surface area contributed by atoms with E-state index in [1.54, 1.807) is 0 Å². The van der Waals surface area contributed by atoms with Crippen LogP contribution in [0.2, 0.25) is 0 Å². The number of hydrogen-bond donors (Lipinski definition) is 1. The highest BCUT2D eigenvalue weighted by molar-refractivity contribution is 5.49. The molecule has 15 heavy (non-hydrogen) atoms. The molecule has 1 aromatic carbocycles. The van der Waals surface area contributed by atoms with E-state index >= 15 is 0 Å². The normalized spacial score (nSPS) is 16.2. The van der Waals surface area contributed by atoms with Gasteiger partial charge in [-0.3, -0.25) is 0 Å². The lowest BCUT2D eigenvalue weighted by atomic mass is 9.86. The Labute approximate surface area is 89.9 Å². The predicted octanol–water partition coefficient (Wildman–Crippen LogP) is 1.70. The molecule has 0 saturated carbocycles. The highest BCUT2D eigenvalue weighted by atomic mass is 16.5. The molecule has 1 aliphatic rings. The van der Waals surface area contributed by atoms with E-state index in [0.717, 1.165) is 17.9 Å². The average Bonchev–Trinajstić information content (AvgIpc) is 2.52. The summed E-state index contributed by atoms with van der Waals surface area (Å²) in [6.07, 6.45) is 0. The van der Waals surface area contributed by atoms with Crippen molar-refractivity contribution in [2.45, 2.75) is 19.3 Å². The quantitative estimate of drug-likeness (QED) is 0.649. The van der Waals surface area contributed by atoms with Crippen molar-refractivity contribution in [3.05, 3.63) is 29.3 Å². The maximum atomic E-state index is 8.63. The van der Waals surface area contributed by atoms with Crippen LogP contribution in [0.3, 0.4) is 0 Å². The number of benzene rings is 1. The number of rotatable bonds is 0. The Morgan fingerprint density at radius 3 is 3.00 bits per heavy atom. The summed E-state index contributed by atoms with van der Waals surface area (Å²) in [6, 6.07) is 5.92. The van der Waals surface area contributed by atoms with Crippen LogP contribution in [0.5, 0.6) is 5.75 Å². The molecule has 2 heteroatoms. The van der Waals surface area contributed by atoms with Crippen LogP contribution < -0.4 is 4.74 Å². The third-order valence-electron chi connectivity index (χ3n) is 2.61. The maximum Gasteiger partial charge on any atom is 0.123 e. The smallest absolute Gasteiger partial charge is 0.123 e. The summed E-state index contributed by atoms with van der Waals surface area (Å²) in [6.45, 7) is 4.93. The molecule has 0 amide bonds. The molecule has 2 rings (SSSR count). The first-order valence-electron chi connectivity index (χ1n) is 5.00. The second-order valence-electron chi connectivity index (χ2n) is 4.34. The zero-order valence-corrected chi connectivity index (χ0v) is 9.00. The fourth-order valence-corrected chi connectivity index (χ4v) is 1.74. The molecule has 0 radical (unpaired) electrons. The van der Waals surface area contributed by atoms with Gasteiger partial charge in [-0.2, -0.15) is 0 Å². The highest BCUT2D eigenvalue weighted by Gasteiger charge is 2.31. The number of ether oxygens (including phenoxy) is 1. The summed E-state index contributed by atoms with van der Waals surface area (Å²) in [5.74, 6) is 6.51. The third-order valence-corrected chi connectivity index (χ3v) is 2.61. The van der Waals surface area contributed by atoms with Crippen molar-refractivity contribution in [2.24, 2.45) is 0 Å². The standard InChI is InChI=1S/C13H14O2/c1-13(2)9-15-12-6-5-10(4-3-7-14)8-11(12)13/h5-6,8,14H,7,9H2,1-2H3. The molecule has 0 fully saturated rings. The summed E-state index contributed by atoms with van der Waals surface area (Å²) in [4.78, 5) is 0. The minimum absolute atomic E-state index is 0.0617. The summed E-state index contributed by atoms with van der Waals surface area (Å²) in [5.41, 5.74) is 2.19. The van der Waals surface area contributed by atoms with Crippen LogP contribution in [0, 0.1) is 11.8 Å². The van der Waals surface area contributed by atoms with Gasteiger partial charge in [-0.15, -0.1) is 0 Å². The monoisotopic (exact) mass is 202 g/mol. The van der Waals surface area contributed by atoms with E-state index in [0.29, 0.717) is 0 Å². The van der Waals surface area contributed by atoms with E-state index < -0.39 is 0 Å². The van der Waals surface area contributed by atoms with E-state index in [1.807, 2.05) is 18.2 Å². The van der Waals surface area contributed by atoms with E-state index in [4.69, 9.17) is 9.84 Å². The van der Waals surface area contributed by atoms with Gasteiger partial charge in [0.2, 0.25) is 0 Å². The molecule has 1 heterocycles. The average molecular weight is 202 g/mol. The van der Waals surface area contributed by atoms with Gasteiger partial charge >= 0.3 is 0 Å². The lowest BCUT2D eigenvalue weighted by molar-refractivity contribution is 0.291. The lowest BCUT2D eigenvalue weighted by Crippen LogP contribution is -2.18. The Morgan fingerprint density at radius 2 is 2.27 bits per heavy atom. The lowest BCUT2D eigenvalue weighted by Gasteiger charge is -2.14. The van der Waals surface area contributed by atoms with E-state index in [-0.39, 0.29) is 12.0 Å². The summed E-state index contributed by atoms with van der Waals surface area (Å²) < 4.78 is 5.58. The molecular weight excluding hydrogens is 188 g/mol. The van der Waals surface area contributed by atoms with Crippen LogP contribution in [-0.2, 0) is 5.41 Å². The second-order valence-corrected chi connectivity index (χ2v) is 4.34. The van der Waals surface area contributed by atoms with Gasteiger partial charge in [0.25, 0.3) is 0 Å². The Balaban J connectivity index is 2.41. The van der Waals surface area contributed by atoms with Crippen molar-refractivity contribution < 1.29 is 9.84 Å². The molecule has 1 aliphatic heterocycles. The molecule has 1 aromatic rings. The number of aliphatic hydroxyl groups excluding tert-OH is 1. The summed E-state index contributed by atoms with van der Waals surface area (Å²) >= 11 is 0. The first-order valence-corrected chi connectivity index (χ1v) is 5.00. The van der Waals surface area contributed by atoms with Gasteiger partial charge in [-0.1, -0.05) is 25.7 Å². The summed E-state index contributed by atoms with van der Waals surface area (Å²) in [7, 11) is 0. The van der Waals surface area contributed by atoms with Gasteiger partial charge in [0.15, 0.2) is 0 Å². The minimum Gasteiger partial charge on any atom is -0.492 e. The molecule has 0 spiro atoms. The van der Waals surface area contributed by atoms with Crippen molar-refractivity contribution in [3.63, 3.8) is 0 Å². The van der Waals surface area contributed by atoms with E-state index in [1.165, 1.54) is 5.56 Å². The Morgan fingerprint density at radius 1 is 1.47 bits per heavy atom. The van der Waals surface area contributed by atoms with Crippen molar-refractivity contribution >= 4 is 0 Å². The second kappa shape index (κ2) is 3.60. The first-order chi connectivity index (χ1) is 7.13. The molecule has 0 saturated heterocycles. The van der Waals surface area contributed by atoms with Gasteiger partial charge in [-0.25, -0.2) is 0 Å². The fraction of sp³-hybridized carbons (Fsp3) is 0.385. The van der Waals surface area contributed by atoms with Crippen molar-refractivity contribution in [1.29, 1.82) is 0 Å². The molecule has 0 bridgehead atoms. The molecular formula is C13H14O2. The fourth-order valence-electron chi connectivity index (χ4n) is 1.74. The molecule has 0 atom stereocenters. The Kier molecular flexibility index (Phi) is 2.42.